The van der Waals surface area contributed by atoms with Gasteiger partial charge in [-0.15, -0.1) is 0 Å². The molecule has 0 radical (unpaired) electrons. The predicted octanol–water partition coefficient (Wildman–Crippen LogP) is 2.25. The van der Waals surface area contributed by atoms with E-state index >= 15 is 0 Å². The van der Waals surface area contributed by atoms with Crippen LogP contribution in [0.3, 0.4) is 0 Å². The summed E-state index contributed by atoms with van der Waals surface area (Å²) >= 11 is 0. The van der Waals surface area contributed by atoms with Crippen molar-refractivity contribution >= 4 is 27.3 Å². The predicted molar refractivity (Wildman–Crippen MR) is 99.3 cm³/mol. The summed E-state index contributed by atoms with van der Waals surface area (Å²) in [7, 11) is -1.90. The zero-order valence-corrected chi connectivity index (χ0v) is 15.3. The Balaban J connectivity index is 1.80. The summed E-state index contributed by atoms with van der Waals surface area (Å²) < 4.78 is 36.4. The lowest BCUT2D eigenvalue weighted by Crippen LogP contribution is -2.35. The second-order valence-corrected chi connectivity index (χ2v) is 7.82. The van der Waals surface area contributed by atoms with Gasteiger partial charge in [0.05, 0.1) is 19.1 Å². The van der Waals surface area contributed by atoms with Crippen LogP contribution in [0.4, 0.5) is 11.4 Å². The Morgan fingerprint density at radius 2 is 1.88 bits per heavy atom. The van der Waals surface area contributed by atoms with Crippen molar-refractivity contribution in [2.45, 2.75) is 12.5 Å². The van der Waals surface area contributed by atoms with Gasteiger partial charge in [0.1, 0.15) is 11.5 Å². The van der Waals surface area contributed by atoms with E-state index in [0.717, 1.165) is 6.26 Å². The largest absolute Gasteiger partial charge is 0.497 e. The number of carbonyl (C=O) groups is 1. The Kier molecular flexibility index (Phi) is 5.03. The fourth-order valence-electron chi connectivity index (χ4n) is 2.76. The summed E-state index contributed by atoms with van der Waals surface area (Å²) in [5, 5.41) is 2.79. The number of carbonyl (C=O) groups excluding carboxylic acids is 1. The van der Waals surface area contributed by atoms with Crippen molar-refractivity contribution in [2.75, 3.05) is 29.5 Å². The zero-order chi connectivity index (χ0) is 18.7. The summed E-state index contributed by atoms with van der Waals surface area (Å²) in [5.41, 5.74) is 1.05. The molecule has 8 heteroatoms. The Morgan fingerprint density at radius 3 is 2.54 bits per heavy atom. The van der Waals surface area contributed by atoms with E-state index in [1.165, 1.54) is 4.31 Å². The number of methoxy groups -OCH3 is 1. The minimum atomic E-state index is -3.47. The van der Waals surface area contributed by atoms with Gasteiger partial charge in [0.15, 0.2) is 6.10 Å². The molecule has 0 saturated heterocycles. The van der Waals surface area contributed by atoms with Crippen molar-refractivity contribution in [3.05, 3.63) is 48.5 Å². The summed E-state index contributed by atoms with van der Waals surface area (Å²) in [4.78, 5) is 12.6. The topological polar surface area (TPSA) is 84.9 Å². The lowest BCUT2D eigenvalue weighted by atomic mass is 10.2. The summed E-state index contributed by atoms with van der Waals surface area (Å²) in [6.45, 7) is 0.163. The first-order valence-electron chi connectivity index (χ1n) is 8.07. The molecule has 3 rings (SSSR count). The highest BCUT2D eigenvalue weighted by Gasteiger charge is 2.31. The normalized spacial score (nSPS) is 16.8. The molecule has 2 aromatic carbocycles. The van der Waals surface area contributed by atoms with Crippen LogP contribution in [-0.4, -0.2) is 40.3 Å². The number of amides is 1. The number of ether oxygens (including phenoxy) is 2. The first-order valence-corrected chi connectivity index (χ1v) is 9.91. The van der Waals surface area contributed by atoms with Crippen molar-refractivity contribution in [1.29, 1.82) is 0 Å². The molecule has 0 fully saturated rings. The van der Waals surface area contributed by atoms with Gasteiger partial charge in [0.25, 0.3) is 5.91 Å². The fourth-order valence-corrected chi connectivity index (χ4v) is 3.70. The van der Waals surface area contributed by atoms with Gasteiger partial charge in [-0.25, -0.2) is 8.42 Å². The van der Waals surface area contributed by atoms with Gasteiger partial charge in [0, 0.05) is 18.7 Å². The Bertz CT molecular complexity index is 896. The van der Waals surface area contributed by atoms with Crippen molar-refractivity contribution in [2.24, 2.45) is 0 Å². The highest BCUT2D eigenvalue weighted by Crippen LogP contribution is 2.34. The molecule has 0 unspecified atom stereocenters. The number of para-hydroxylation sites is 2. The molecule has 138 valence electrons. The monoisotopic (exact) mass is 376 g/mol. The molecule has 1 aliphatic rings. The third-order valence-corrected chi connectivity index (χ3v) is 5.23. The molecule has 1 amide bonds. The van der Waals surface area contributed by atoms with E-state index in [0.29, 0.717) is 22.9 Å². The number of hydrogen-bond donors (Lipinski definition) is 1. The number of nitrogens with zero attached hydrogens (tertiary/aromatic N) is 1. The van der Waals surface area contributed by atoms with E-state index in [4.69, 9.17) is 9.47 Å². The van der Waals surface area contributed by atoms with Gasteiger partial charge in [-0.3, -0.25) is 9.10 Å². The van der Waals surface area contributed by atoms with E-state index in [1.807, 2.05) is 0 Å². The molecular formula is C18H20N2O5S. The summed E-state index contributed by atoms with van der Waals surface area (Å²) in [6.07, 6.45) is 0.579. The van der Waals surface area contributed by atoms with Crippen LogP contribution in [0.1, 0.15) is 6.42 Å². The molecular weight excluding hydrogens is 356 g/mol. The smallest absolute Gasteiger partial charge is 0.265 e. The molecule has 0 spiro atoms. The number of fused-ring (bicyclic) bond motifs is 1. The zero-order valence-electron chi connectivity index (χ0n) is 14.5. The van der Waals surface area contributed by atoms with Crippen molar-refractivity contribution in [3.63, 3.8) is 0 Å². The highest BCUT2D eigenvalue weighted by atomic mass is 32.2. The molecule has 1 atom stereocenters. The maximum absolute atomic E-state index is 12.6. The third-order valence-electron chi connectivity index (χ3n) is 4.05. The number of hydrogen-bond acceptors (Lipinski definition) is 5. The first kappa shape index (κ1) is 18.1. The SMILES string of the molecule is COc1ccc(NC(=O)[C@H]2CCN(S(C)(=O)=O)c3ccccc3O2)cc1. The van der Waals surface area contributed by atoms with E-state index in [2.05, 4.69) is 5.32 Å². The Hall–Kier alpha value is -2.74. The second kappa shape index (κ2) is 7.25. The molecule has 7 nitrogen and oxygen atoms in total. The van der Waals surface area contributed by atoms with Crippen LogP contribution in [0.15, 0.2) is 48.5 Å². The first-order chi connectivity index (χ1) is 12.4. The van der Waals surface area contributed by atoms with E-state index in [9.17, 15) is 13.2 Å². The van der Waals surface area contributed by atoms with Crippen molar-refractivity contribution in [1.82, 2.24) is 0 Å². The molecule has 0 aliphatic carbocycles. The third kappa shape index (κ3) is 3.91. The van der Waals surface area contributed by atoms with Gasteiger partial charge in [0.2, 0.25) is 10.0 Å². The van der Waals surface area contributed by atoms with Gasteiger partial charge < -0.3 is 14.8 Å². The maximum Gasteiger partial charge on any atom is 0.265 e. The van der Waals surface area contributed by atoms with Crippen LogP contribution in [-0.2, 0) is 14.8 Å². The van der Waals surface area contributed by atoms with Gasteiger partial charge in [-0.1, -0.05) is 12.1 Å². The fraction of sp³-hybridized carbons (Fsp3) is 0.278. The Morgan fingerprint density at radius 1 is 1.19 bits per heavy atom. The summed E-state index contributed by atoms with van der Waals surface area (Å²) in [6, 6.07) is 13.7. The van der Waals surface area contributed by atoms with Crippen LogP contribution < -0.4 is 19.1 Å². The standard InChI is InChI=1S/C18H20N2O5S/c1-24-14-9-7-13(8-10-14)19-18(21)17-11-12-20(26(2,22)23)15-5-3-4-6-16(15)25-17/h3-10,17H,11-12H2,1-2H3,(H,19,21)/t17-/m1/s1. The van der Waals surface area contributed by atoms with Crippen LogP contribution in [0, 0.1) is 0 Å². The molecule has 0 saturated carbocycles. The van der Waals surface area contributed by atoms with Crippen molar-refractivity contribution in [3.8, 4) is 11.5 Å². The molecule has 2 aromatic rings. The summed E-state index contributed by atoms with van der Waals surface area (Å²) in [5.74, 6) is 0.720. The number of rotatable bonds is 4. The van der Waals surface area contributed by atoms with E-state index in [-0.39, 0.29) is 18.9 Å². The molecule has 26 heavy (non-hydrogen) atoms. The van der Waals surface area contributed by atoms with Gasteiger partial charge >= 0.3 is 0 Å². The quantitative estimate of drug-likeness (QED) is 0.885. The average molecular weight is 376 g/mol. The van der Waals surface area contributed by atoms with Crippen LogP contribution >= 0.6 is 0 Å². The molecule has 1 aliphatic heterocycles. The highest BCUT2D eigenvalue weighted by molar-refractivity contribution is 7.92. The lowest BCUT2D eigenvalue weighted by molar-refractivity contribution is -0.122. The minimum Gasteiger partial charge on any atom is -0.497 e. The second-order valence-electron chi connectivity index (χ2n) is 5.92. The van der Waals surface area contributed by atoms with Gasteiger partial charge in [-0.05, 0) is 36.4 Å². The van der Waals surface area contributed by atoms with Crippen LogP contribution in [0.2, 0.25) is 0 Å². The molecule has 0 bridgehead atoms. The number of nitrogens with one attached hydrogen (secondary N) is 1. The van der Waals surface area contributed by atoms with E-state index < -0.39 is 16.1 Å². The van der Waals surface area contributed by atoms with Crippen molar-refractivity contribution < 1.29 is 22.7 Å². The van der Waals surface area contributed by atoms with Gasteiger partial charge in [-0.2, -0.15) is 0 Å². The number of sulfonamides is 1. The average Bonchev–Trinajstić information content (AvgIpc) is 2.82. The number of anilines is 2. The van der Waals surface area contributed by atoms with Crippen LogP contribution in [0.5, 0.6) is 11.5 Å². The van der Waals surface area contributed by atoms with Crippen LogP contribution in [0.25, 0.3) is 0 Å². The molecule has 1 heterocycles. The number of benzene rings is 2. The van der Waals surface area contributed by atoms with E-state index in [1.54, 1.807) is 55.6 Å². The Labute approximate surface area is 152 Å². The minimum absolute atomic E-state index is 0.163. The lowest BCUT2D eigenvalue weighted by Gasteiger charge is -2.20. The molecule has 0 aromatic heterocycles. The molecule has 1 N–H and O–H groups in total. The maximum atomic E-state index is 12.6.